The molecule has 3 unspecified atom stereocenters. The number of allylic oxidation sites excluding steroid dienone is 1. The van der Waals surface area contributed by atoms with Crippen molar-refractivity contribution >= 4 is 22.8 Å². The van der Waals surface area contributed by atoms with Crippen molar-refractivity contribution in [3.63, 3.8) is 0 Å². The summed E-state index contributed by atoms with van der Waals surface area (Å²) in [5.74, 6) is -1.86. The lowest BCUT2D eigenvalue weighted by atomic mass is 9.77. The second-order valence-electron chi connectivity index (χ2n) is 11.8. The summed E-state index contributed by atoms with van der Waals surface area (Å²) in [5, 5.41) is 52.3. The van der Waals surface area contributed by atoms with E-state index in [0.29, 0.717) is 25.7 Å². The number of anilines is 1. The Labute approximate surface area is 241 Å². The fourth-order valence-electron chi connectivity index (χ4n) is 7.17. The SMILES string of the molecule is N#C/C=C(\n1c(N)nc2c(ncn2[C@H]2O[C@@H](CO)C3OC(CC#N)(C4(O)CCCCC4)OC32)c1=O)C1(O)CCCCC1. The summed E-state index contributed by atoms with van der Waals surface area (Å²) >= 11 is 0. The van der Waals surface area contributed by atoms with Gasteiger partial charge in [-0.15, -0.1) is 0 Å². The Kier molecular flexibility index (Phi) is 7.33. The maximum absolute atomic E-state index is 13.8. The van der Waals surface area contributed by atoms with E-state index < -0.39 is 53.7 Å². The van der Waals surface area contributed by atoms with Crippen LogP contribution in [-0.2, 0) is 14.2 Å². The Balaban J connectivity index is 1.40. The number of ether oxygens (including phenoxy) is 3. The lowest BCUT2D eigenvalue weighted by molar-refractivity contribution is -0.305. The quantitative estimate of drug-likeness (QED) is 0.354. The topological polar surface area (TPSA) is 215 Å². The van der Waals surface area contributed by atoms with Gasteiger partial charge in [0.25, 0.3) is 5.56 Å². The smallest absolute Gasteiger partial charge is 0.287 e. The number of nitrogen functional groups attached to an aromatic ring is 1. The fourth-order valence-corrected chi connectivity index (χ4v) is 7.17. The number of aliphatic hydroxyl groups excluding tert-OH is 1. The number of imidazole rings is 1. The van der Waals surface area contributed by atoms with Gasteiger partial charge < -0.3 is 35.3 Å². The molecule has 4 aliphatic rings. The van der Waals surface area contributed by atoms with Crippen LogP contribution in [0.15, 0.2) is 17.2 Å². The summed E-state index contributed by atoms with van der Waals surface area (Å²) in [7, 11) is 0. The molecule has 4 fully saturated rings. The lowest BCUT2D eigenvalue weighted by Gasteiger charge is -2.45. The van der Waals surface area contributed by atoms with Gasteiger partial charge in [-0.3, -0.25) is 9.36 Å². The van der Waals surface area contributed by atoms with Crippen molar-refractivity contribution < 1.29 is 29.5 Å². The molecule has 2 saturated carbocycles. The van der Waals surface area contributed by atoms with E-state index in [1.807, 2.05) is 6.07 Å². The molecule has 5 atom stereocenters. The third kappa shape index (κ3) is 4.33. The van der Waals surface area contributed by atoms with Crippen molar-refractivity contribution in [1.82, 2.24) is 19.1 Å². The molecule has 224 valence electrons. The Morgan fingerprint density at radius 3 is 2.40 bits per heavy atom. The molecular weight excluding hydrogens is 546 g/mol. The Morgan fingerprint density at radius 1 is 1.10 bits per heavy atom. The first-order chi connectivity index (χ1) is 20.2. The number of nitriles is 2. The summed E-state index contributed by atoms with van der Waals surface area (Å²) in [5.41, 5.74) is 2.89. The zero-order chi connectivity index (χ0) is 29.7. The van der Waals surface area contributed by atoms with Gasteiger partial charge in [0.15, 0.2) is 17.4 Å². The number of fused-ring (bicyclic) bond motifs is 2. The fraction of sp³-hybridized carbons (Fsp3) is 0.679. The van der Waals surface area contributed by atoms with Gasteiger partial charge in [0.2, 0.25) is 11.7 Å². The van der Waals surface area contributed by atoms with Gasteiger partial charge in [0.1, 0.15) is 29.5 Å². The number of rotatable bonds is 6. The predicted molar refractivity (Wildman–Crippen MR) is 146 cm³/mol. The maximum Gasteiger partial charge on any atom is 0.287 e. The summed E-state index contributed by atoms with van der Waals surface area (Å²) in [6.45, 7) is -0.419. The van der Waals surface area contributed by atoms with Crippen LogP contribution < -0.4 is 11.3 Å². The van der Waals surface area contributed by atoms with Crippen LogP contribution in [-0.4, -0.2) is 76.3 Å². The van der Waals surface area contributed by atoms with Crippen LogP contribution in [0.1, 0.15) is 76.9 Å². The minimum absolute atomic E-state index is 0.0585. The van der Waals surface area contributed by atoms with Gasteiger partial charge in [-0.1, -0.05) is 38.5 Å². The largest absolute Gasteiger partial charge is 0.394 e. The molecular formula is C28H35N7O7. The van der Waals surface area contributed by atoms with Gasteiger partial charge in [-0.25, -0.2) is 9.55 Å². The van der Waals surface area contributed by atoms with Gasteiger partial charge in [0.05, 0.1) is 37.2 Å². The van der Waals surface area contributed by atoms with Crippen LogP contribution in [0.3, 0.4) is 0 Å². The summed E-state index contributed by atoms with van der Waals surface area (Å²) < 4.78 is 21.3. The molecule has 0 bridgehead atoms. The average molecular weight is 582 g/mol. The molecule has 2 aromatic heterocycles. The zero-order valence-electron chi connectivity index (χ0n) is 23.2. The van der Waals surface area contributed by atoms with Gasteiger partial charge >= 0.3 is 0 Å². The minimum atomic E-state index is -1.62. The summed E-state index contributed by atoms with van der Waals surface area (Å²) in [4.78, 5) is 22.5. The first kappa shape index (κ1) is 28.7. The number of hydrogen-bond donors (Lipinski definition) is 4. The van der Waals surface area contributed by atoms with Crippen LogP contribution in [0.2, 0.25) is 0 Å². The monoisotopic (exact) mass is 581 g/mol. The highest BCUT2D eigenvalue weighted by atomic mass is 16.8. The van der Waals surface area contributed by atoms with Crippen LogP contribution in [0.4, 0.5) is 5.95 Å². The molecule has 2 aromatic rings. The van der Waals surface area contributed by atoms with E-state index >= 15 is 0 Å². The van der Waals surface area contributed by atoms with E-state index in [4.69, 9.17) is 19.9 Å². The lowest BCUT2D eigenvalue weighted by Crippen LogP contribution is -2.57. The molecule has 2 aliphatic carbocycles. The summed E-state index contributed by atoms with van der Waals surface area (Å²) in [6, 6.07) is 4.01. The molecule has 0 amide bonds. The molecule has 0 radical (unpaired) electrons. The second-order valence-corrected chi connectivity index (χ2v) is 11.8. The molecule has 4 heterocycles. The van der Waals surface area contributed by atoms with Crippen molar-refractivity contribution in [3.05, 3.63) is 22.8 Å². The summed E-state index contributed by atoms with van der Waals surface area (Å²) in [6.07, 6.45) is 5.13. The van der Waals surface area contributed by atoms with Gasteiger partial charge in [-0.05, 0) is 25.7 Å². The predicted octanol–water partition coefficient (Wildman–Crippen LogP) is 1.21. The molecule has 6 rings (SSSR count). The van der Waals surface area contributed by atoms with Crippen molar-refractivity contribution in [2.75, 3.05) is 12.3 Å². The van der Waals surface area contributed by atoms with Crippen LogP contribution in [0, 0.1) is 22.7 Å². The molecule has 14 heteroatoms. The van der Waals surface area contributed by atoms with E-state index in [2.05, 4.69) is 16.0 Å². The van der Waals surface area contributed by atoms with Gasteiger partial charge in [-0.2, -0.15) is 15.5 Å². The molecule has 42 heavy (non-hydrogen) atoms. The van der Waals surface area contributed by atoms with Crippen LogP contribution in [0.5, 0.6) is 0 Å². The molecule has 14 nitrogen and oxygen atoms in total. The number of nitrogens with zero attached hydrogens (tertiary/aromatic N) is 6. The Morgan fingerprint density at radius 2 is 1.76 bits per heavy atom. The van der Waals surface area contributed by atoms with Crippen molar-refractivity contribution in [2.24, 2.45) is 0 Å². The van der Waals surface area contributed by atoms with E-state index in [1.165, 1.54) is 10.9 Å². The maximum atomic E-state index is 13.8. The zero-order valence-corrected chi connectivity index (χ0v) is 23.2. The number of nitrogens with two attached hydrogens (primary N) is 1. The first-order valence-electron chi connectivity index (χ1n) is 14.5. The average Bonchev–Trinajstić information content (AvgIpc) is 3.66. The number of hydrogen-bond acceptors (Lipinski definition) is 12. The van der Waals surface area contributed by atoms with E-state index in [1.54, 1.807) is 0 Å². The highest BCUT2D eigenvalue weighted by Gasteiger charge is 2.65. The molecule has 2 aliphatic heterocycles. The van der Waals surface area contributed by atoms with Gasteiger partial charge in [0, 0.05) is 6.08 Å². The molecule has 2 saturated heterocycles. The van der Waals surface area contributed by atoms with Crippen molar-refractivity contribution in [1.29, 1.82) is 10.5 Å². The number of aliphatic hydroxyl groups is 3. The highest BCUT2D eigenvalue weighted by Crippen LogP contribution is 2.52. The van der Waals surface area contributed by atoms with Crippen molar-refractivity contribution in [2.45, 2.75) is 112 Å². The molecule has 5 N–H and O–H groups in total. The number of aromatic nitrogens is 4. The van der Waals surface area contributed by atoms with E-state index in [9.17, 15) is 30.6 Å². The van der Waals surface area contributed by atoms with Crippen LogP contribution >= 0.6 is 0 Å². The normalized spacial score (nSPS) is 32.4. The Bertz CT molecular complexity index is 1530. The minimum Gasteiger partial charge on any atom is -0.394 e. The molecule has 0 aromatic carbocycles. The van der Waals surface area contributed by atoms with E-state index in [0.717, 1.165) is 49.2 Å². The standard InChI is InChI=1S/C28H35N7O7/c29-13-7-18(26(38)8-3-1-4-9-26)35-23(37)19-22(33-25(35)31)34(16-32-19)24-21-20(17(15-36)40-24)41-28(42-21,12-14-30)27(39)10-5-2-6-11-27/h7,16-17,20-21,24,36,38-39H,1-6,8-12,15H2,(H2,31,33)/b18-7-/t17-,20?,21?,24-,28?/m0/s1. The van der Waals surface area contributed by atoms with Crippen LogP contribution in [0.25, 0.3) is 16.9 Å². The van der Waals surface area contributed by atoms with E-state index in [-0.39, 0.29) is 29.2 Å². The first-order valence-corrected chi connectivity index (χ1v) is 14.5. The Hall–Kier alpha value is -3.37. The second kappa shape index (κ2) is 10.7. The van der Waals surface area contributed by atoms with Crippen molar-refractivity contribution in [3.8, 4) is 12.1 Å². The third-order valence-corrected chi connectivity index (χ3v) is 9.32. The third-order valence-electron chi connectivity index (χ3n) is 9.32. The highest BCUT2D eigenvalue weighted by molar-refractivity contribution is 5.74. The molecule has 0 spiro atoms.